The predicted molar refractivity (Wildman–Crippen MR) is 98.7 cm³/mol. The number of morpholine rings is 2. The maximum atomic E-state index is 12.3. The van der Waals surface area contributed by atoms with Crippen molar-refractivity contribution in [2.45, 2.75) is 6.42 Å². The minimum absolute atomic E-state index is 0.0405. The van der Waals surface area contributed by atoms with Gasteiger partial charge in [-0.3, -0.25) is 14.5 Å². The fraction of sp³-hybridized carbons (Fsp3) is 0.579. The lowest BCUT2D eigenvalue weighted by atomic mass is 10.1. The molecular formula is C19H27N3O4. The number of ketones is 1. The van der Waals surface area contributed by atoms with Gasteiger partial charge in [0.2, 0.25) is 5.91 Å². The summed E-state index contributed by atoms with van der Waals surface area (Å²) in [6, 6.07) is 7.57. The summed E-state index contributed by atoms with van der Waals surface area (Å²) in [4.78, 5) is 28.7. The van der Waals surface area contributed by atoms with E-state index in [1.165, 1.54) is 0 Å². The Morgan fingerprint density at radius 3 is 2.19 bits per heavy atom. The van der Waals surface area contributed by atoms with Gasteiger partial charge in [0, 0.05) is 50.4 Å². The van der Waals surface area contributed by atoms with Gasteiger partial charge in [-0.2, -0.15) is 0 Å². The number of rotatable bonds is 7. The molecule has 1 aromatic rings. The topological polar surface area (TPSA) is 71.1 Å². The van der Waals surface area contributed by atoms with Crippen LogP contribution in [-0.4, -0.2) is 82.3 Å². The molecule has 0 bridgehead atoms. The average molecular weight is 361 g/mol. The van der Waals surface area contributed by atoms with E-state index in [1.54, 1.807) is 0 Å². The van der Waals surface area contributed by atoms with Crippen LogP contribution in [0, 0.1) is 0 Å². The number of hydrogen-bond acceptors (Lipinski definition) is 6. The molecule has 0 aliphatic carbocycles. The van der Waals surface area contributed by atoms with Crippen molar-refractivity contribution < 1.29 is 19.1 Å². The maximum absolute atomic E-state index is 12.3. The summed E-state index contributed by atoms with van der Waals surface area (Å²) in [6.45, 7) is 7.12. The first-order chi connectivity index (χ1) is 12.7. The number of nitrogens with one attached hydrogen (secondary N) is 1. The van der Waals surface area contributed by atoms with E-state index in [-0.39, 0.29) is 18.2 Å². The molecular weight excluding hydrogens is 334 g/mol. The van der Waals surface area contributed by atoms with E-state index in [0.29, 0.717) is 18.5 Å². The summed E-state index contributed by atoms with van der Waals surface area (Å²) < 4.78 is 10.6. The Morgan fingerprint density at radius 2 is 1.54 bits per heavy atom. The van der Waals surface area contributed by atoms with Gasteiger partial charge in [0.05, 0.1) is 33.0 Å². The number of amides is 1. The molecule has 142 valence electrons. The van der Waals surface area contributed by atoms with Crippen LogP contribution >= 0.6 is 0 Å². The van der Waals surface area contributed by atoms with Gasteiger partial charge in [-0.1, -0.05) is 0 Å². The summed E-state index contributed by atoms with van der Waals surface area (Å²) in [5.41, 5.74) is 1.72. The lowest BCUT2D eigenvalue weighted by Crippen LogP contribution is -2.39. The number of nitrogens with zero attached hydrogens (tertiary/aromatic N) is 2. The standard InChI is InChI=1S/C19H27N3O4/c23-18(15-20-19(24)5-6-21-7-11-25-12-8-21)16-1-3-17(4-2-16)22-9-13-26-14-10-22/h1-4H,5-15H2,(H,20,24). The molecule has 26 heavy (non-hydrogen) atoms. The molecule has 1 aromatic carbocycles. The normalized spacial score (nSPS) is 18.5. The maximum Gasteiger partial charge on any atom is 0.221 e. The van der Waals surface area contributed by atoms with Crippen molar-refractivity contribution >= 4 is 17.4 Å². The number of benzene rings is 1. The molecule has 1 N–H and O–H groups in total. The molecule has 2 fully saturated rings. The number of carbonyl (C=O) groups is 2. The van der Waals surface area contributed by atoms with Crippen LogP contribution in [-0.2, 0) is 14.3 Å². The molecule has 7 nitrogen and oxygen atoms in total. The molecule has 2 heterocycles. The van der Waals surface area contributed by atoms with E-state index < -0.39 is 0 Å². The molecule has 2 aliphatic heterocycles. The second-order valence-corrected chi connectivity index (χ2v) is 6.55. The summed E-state index contributed by atoms with van der Waals surface area (Å²) in [5.74, 6) is -0.159. The second-order valence-electron chi connectivity index (χ2n) is 6.55. The zero-order chi connectivity index (χ0) is 18.2. The van der Waals surface area contributed by atoms with Gasteiger partial charge in [0.1, 0.15) is 0 Å². The third kappa shape index (κ3) is 5.52. The Balaban J connectivity index is 1.40. The first-order valence-electron chi connectivity index (χ1n) is 9.25. The van der Waals surface area contributed by atoms with Gasteiger partial charge >= 0.3 is 0 Å². The Kier molecular flexibility index (Phi) is 6.99. The minimum Gasteiger partial charge on any atom is -0.379 e. The molecule has 1 amide bonds. The third-order valence-corrected chi connectivity index (χ3v) is 4.77. The van der Waals surface area contributed by atoms with Crippen molar-refractivity contribution in [3.05, 3.63) is 29.8 Å². The highest BCUT2D eigenvalue weighted by atomic mass is 16.5. The number of Topliss-reactive ketones (excluding diaryl/α,β-unsaturated/α-hetero) is 1. The Hall–Kier alpha value is -1.96. The van der Waals surface area contributed by atoms with Gasteiger partial charge in [-0.15, -0.1) is 0 Å². The van der Waals surface area contributed by atoms with Crippen molar-refractivity contribution in [2.75, 3.05) is 70.6 Å². The summed E-state index contributed by atoms with van der Waals surface area (Å²) >= 11 is 0. The van der Waals surface area contributed by atoms with E-state index in [4.69, 9.17) is 9.47 Å². The molecule has 3 rings (SSSR count). The van der Waals surface area contributed by atoms with E-state index >= 15 is 0 Å². The Bertz CT molecular complexity index is 593. The zero-order valence-electron chi connectivity index (χ0n) is 15.1. The molecule has 0 atom stereocenters. The highest BCUT2D eigenvalue weighted by Gasteiger charge is 2.14. The Morgan fingerprint density at radius 1 is 0.923 bits per heavy atom. The molecule has 0 saturated carbocycles. The van der Waals surface area contributed by atoms with Gasteiger partial charge in [-0.25, -0.2) is 0 Å². The summed E-state index contributed by atoms with van der Waals surface area (Å²) in [6.07, 6.45) is 0.406. The van der Waals surface area contributed by atoms with Crippen LogP contribution in [0.25, 0.3) is 0 Å². The smallest absolute Gasteiger partial charge is 0.221 e. The minimum atomic E-state index is -0.0882. The van der Waals surface area contributed by atoms with Gasteiger partial charge < -0.3 is 19.7 Å². The van der Waals surface area contributed by atoms with E-state index in [2.05, 4.69) is 15.1 Å². The highest BCUT2D eigenvalue weighted by molar-refractivity contribution is 5.99. The van der Waals surface area contributed by atoms with Crippen LogP contribution in [0.4, 0.5) is 5.69 Å². The molecule has 0 unspecified atom stereocenters. The SMILES string of the molecule is O=C(CCN1CCOCC1)NCC(=O)c1ccc(N2CCOCC2)cc1. The quantitative estimate of drug-likeness (QED) is 0.715. The van der Waals surface area contributed by atoms with Gasteiger partial charge in [-0.05, 0) is 24.3 Å². The van der Waals surface area contributed by atoms with Crippen molar-refractivity contribution in [1.29, 1.82) is 0 Å². The second kappa shape index (κ2) is 9.66. The van der Waals surface area contributed by atoms with Crippen LogP contribution in [0.3, 0.4) is 0 Å². The average Bonchev–Trinajstić information content (AvgIpc) is 2.72. The largest absolute Gasteiger partial charge is 0.379 e. The van der Waals surface area contributed by atoms with E-state index in [9.17, 15) is 9.59 Å². The third-order valence-electron chi connectivity index (χ3n) is 4.77. The van der Waals surface area contributed by atoms with Crippen molar-refractivity contribution in [2.24, 2.45) is 0 Å². The molecule has 2 saturated heterocycles. The van der Waals surface area contributed by atoms with Crippen molar-refractivity contribution in [3.8, 4) is 0 Å². The first kappa shape index (κ1) is 18.8. The van der Waals surface area contributed by atoms with Crippen molar-refractivity contribution in [3.63, 3.8) is 0 Å². The van der Waals surface area contributed by atoms with Crippen LogP contribution in [0.15, 0.2) is 24.3 Å². The van der Waals surface area contributed by atoms with Gasteiger partial charge in [0.15, 0.2) is 5.78 Å². The monoisotopic (exact) mass is 361 g/mol. The molecule has 2 aliphatic rings. The van der Waals surface area contributed by atoms with Crippen LogP contribution in [0.5, 0.6) is 0 Å². The lowest BCUT2D eigenvalue weighted by molar-refractivity contribution is -0.121. The van der Waals surface area contributed by atoms with Gasteiger partial charge in [0.25, 0.3) is 0 Å². The number of hydrogen-bond donors (Lipinski definition) is 1. The summed E-state index contributed by atoms with van der Waals surface area (Å²) in [7, 11) is 0. The number of carbonyl (C=O) groups excluding carboxylic acids is 2. The fourth-order valence-electron chi connectivity index (χ4n) is 3.13. The molecule has 0 spiro atoms. The fourth-order valence-corrected chi connectivity index (χ4v) is 3.13. The number of anilines is 1. The molecule has 0 radical (unpaired) electrons. The first-order valence-corrected chi connectivity index (χ1v) is 9.25. The Labute approximate surface area is 154 Å². The molecule has 7 heteroatoms. The van der Waals surface area contributed by atoms with E-state index in [1.807, 2.05) is 24.3 Å². The van der Waals surface area contributed by atoms with E-state index in [0.717, 1.165) is 58.3 Å². The predicted octanol–water partition coefficient (Wildman–Crippen LogP) is 0.544. The zero-order valence-corrected chi connectivity index (χ0v) is 15.1. The van der Waals surface area contributed by atoms with Crippen LogP contribution < -0.4 is 10.2 Å². The highest BCUT2D eigenvalue weighted by Crippen LogP contribution is 2.16. The van der Waals surface area contributed by atoms with Crippen molar-refractivity contribution in [1.82, 2.24) is 10.2 Å². The van der Waals surface area contributed by atoms with Crippen LogP contribution in [0.1, 0.15) is 16.8 Å². The van der Waals surface area contributed by atoms with Crippen LogP contribution in [0.2, 0.25) is 0 Å². The number of ether oxygens (including phenoxy) is 2. The lowest BCUT2D eigenvalue weighted by Gasteiger charge is -2.28. The summed E-state index contributed by atoms with van der Waals surface area (Å²) in [5, 5.41) is 2.73. The molecule has 0 aromatic heterocycles.